The molecule has 0 fully saturated rings. The van der Waals surface area contributed by atoms with E-state index in [9.17, 15) is 0 Å². The lowest BCUT2D eigenvalue weighted by molar-refractivity contribution is 0.0626. The molecule has 0 saturated heterocycles. The molecule has 0 aromatic carbocycles. The molecule has 0 aromatic heterocycles. The van der Waals surface area contributed by atoms with Crippen LogP contribution in [-0.4, -0.2) is 57.3 Å². The van der Waals surface area contributed by atoms with Gasteiger partial charge in [0, 0.05) is 51.7 Å². The van der Waals surface area contributed by atoms with E-state index in [2.05, 4.69) is 6.92 Å². The smallest absolute Gasteiger partial charge is 0.374 e. The third-order valence-corrected chi connectivity index (χ3v) is 10.2. The molecule has 0 aliphatic heterocycles. The van der Waals surface area contributed by atoms with E-state index in [1.807, 2.05) is 41.5 Å². The summed E-state index contributed by atoms with van der Waals surface area (Å²) in [4.78, 5) is 0. The van der Waals surface area contributed by atoms with Crippen LogP contribution in [0.5, 0.6) is 0 Å². The van der Waals surface area contributed by atoms with Gasteiger partial charge in [-0.2, -0.15) is 0 Å². The molecule has 0 amide bonds. The van der Waals surface area contributed by atoms with Crippen molar-refractivity contribution in [1.82, 2.24) is 0 Å². The first kappa shape index (κ1) is 25.2. The van der Waals surface area contributed by atoms with Gasteiger partial charge in [-0.05, 0) is 53.9 Å². The van der Waals surface area contributed by atoms with Crippen molar-refractivity contribution < 1.29 is 26.6 Å². The molecule has 1 unspecified atom stereocenters. The summed E-state index contributed by atoms with van der Waals surface area (Å²) in [5.41, 5.74) is 0. The van der Waals surface area contributed by atoms with Gasteiger partial charge in [0.1, 0.15) is 0 Å². The zero-order valence-corrected chi connectivity index (χ0v) is 19.4. The molecular formula is C17H40O6Si2. The fourth-order valence-electron chi connectivity index (χ4n) is 2.91. The summed E-state index contributed by atoms with van der Waals surface area (Å²) in [5.74, 6) is 0.379. The van der Waals surface area contributed by atoms with Gasteiger partial charge in [-0.3, -0.25) is 0 Å². The first-order valence-electron chi connectivity index (χ1n) is 9.80. The first-order valence-corrected chi connectivity index (χ1v) is 13.7. The molecule has 152 valence electrons. The van der Waals surface area contributed by atoms with Crippen molar-refractivity contribution in [3.05, 3.63) is 0 Å². The van der Waals surface area contributed by atoms with Crippen LogP contribution in [0.1, 0.15) is 54.9 Å². The molecule has 0 N–H and O–H groups in total. The highest BCUT2D eigenvalue weighted by Gasteiger charge is 2.44. The maximum Gasteiger partial charge on any atom is 0.501 e. The second-order valence-electron chi connectivity index (χ2n) is 5.81. The van der Waals surface area contributed by atoms with Crippen LogP contribution in [0.3, 0.4) is 0 Å². The summed E-state index contributed by atoms with van der Waals surface area (Å²) < 4.78 is 35.7. The minimum absolute atomic E-state index is 0.379. The Morgan fingerprint density at radius 1 is 0.560 bits per heavy atom. The number of hydrogen-bond donors (Lipinski definition) is 0. The van der Waals surface area contributed by atoms with Gasteiger partial charge in [-0.25, -0.2) is 0 Å². The molecule has 25 heavy (non-hydrogen) atoms. The van der Waals surface area contributed by atoms with Crippen LogP contribution in [0.4, 0.5) is 0 Å². The van der Waals surface area contributed by atoms with Crippen molar-refractivity contribution in [1.29, 1.82) is 0 Å². The van der Waals surface area contributed by atoms with Crippen LogP contribution >= 0.6 is 0 Å². The van der Waals surface area contributed by atoms with Crippen LogP contribution in [0.25, 0.3) is 0 Å². The van der Waals surface area contributed by atoms with Crippen molar-refractivity contribution in [2.75, 3.05) is 39.6 Å². The minimum atomic E-state index is -2.62. The monoisotopic (exact) mass is 396 g/mol. The standard InChI is InChI=1S/C17H40O6Si2/c1-8-18-24(19-9-2,20-10-3)15-14-17(7)16-25(21-11-4,22-12-5)23-13-6/h17H,8-16H2,1-7H3. The van der Waals surface area contributed by atoms with E-state index in [1.165, 1.54) is 0 Å². The van der Waals surface area contributed by atoms with Gasteiger partial charge in [0.05, 0.1) is 0 Å². The average Bonchev–Trinajstić information content (AvgIpc) is 2.54. The van der Waals surface area contributed by atoms with E-state index in [1.54, 1.807) is 0 Å². The Bertz CT molecular complexity index is 285. The second kappa shape index (κ2) is 14.3. The summed E-state index contributed by atoms with van der Waals surface area (Å²) in [6.45, 7) is 17.8. The predicted octanol–water partition coefficient (Wildman–Crippen LogP) is 4.11. The van der Waals surface area contributed by atoms with Gasteiger partial charge in [-0.15, -0.1) is 0 Å². The van der Waals surface area contributed by atoms with Gasteiger partial charge < -0.3 is 26.6 Å². The van der Waals surface area contributed by atoms with Gasteiger partial charge in [0.2, 0.25) is 0 Å². The predicted molar refractivity (Wildman–Crippen MR) is 105 cm³/mol. The van der Waals surface area contributed by atoms with Gasteiger partial charge >= 0.3 is 17.6 Å². The summed E-state index contributed by atoms with van der Waals surface area (Å²) >= 11 is 0. The Labute approximate surface area is 157 Å². The van der Waals surface area contributed by atoms with E-state index < -0.39 is 17.6 Å². The van der Waals surface area contributed by atoms with Gasteiger partial charge in [0.15, 0.2) is 0 Å². The normalized spacial score (nSPS) is 14.0. The van der Waals surface area contributed by atoms with Crippen molar-refractivity contribution in [3.63, 3.8) is 0 Å². The van der Waals surface area contributed by atoms with Crippen molar-refractivity contribution >= 4 is 17.6 Å². The molecule has 0 aromatic rings. The summed E-state index contributed by atoms with van der Waals surface area (Å²) in [7, 11) is -5.21. The largest absolute Gasteiger partial charge is 0.501 e. The molecule has 0 aliphatic carbocycles. The third kappa shape index (κ3) is 9.62. The summed E-state index contributed by atoms with van der Waals surface area (Å²) in [5, 5.41) is 0. The molecule has 0 rings (SSSR count). The number of rotatable bonds is 17. The highest BCUT2D eigenvalue weighted by Crippen LogP contribution is 2.28. The lowest BCUT2D eigenvalue weighted by Crippen LogP contribution is -2.48. The maximum atomic E-state index is 5.97. The summed E-state index contributed by atoms with van der Waals surface area (Å²) in [6.07, 6.45) is 0.939. The molecule has 0 saturated carbocycles. The lowest BCUT2D eigenvalue weighted by Gasteiger charge is -2.32. The van der Waals surface area contributed by atoms with Crippen molar-refractivity contribution in [3.8, 4) is 0 Å². The molecular weight excluding hydrogens is 356 g/mol. The molecule has 1 atom stereocenters. The topological polar surface area (TPSA) is 55.4 Å². The van der Waals surface area contributed by atoms with Crippen LogP contribution in [0.15, 0.2) is 0 Å². The van der Waals surface area contributed by atoms with Crippen LogP contribution in [-0.2, 0) is 26.6 Å². The quantitative estimate of drug-likeness (QED) is 0.345. The Balaban J connectivity index is 4.91. The molecule has 0 radical (unpaired) electrons. The molecule has 0 heterocycles. The first-order chi connectivity index (χ1) is 12.0. The van der Waals surface area contributed by atoms with E-state index in [0.29, 0.717) is 45.6 Å². The van der Waals surface area contributed by atoms with E-state index in [4.69, 9.17) is 26.6 Å². The maximum absolute atomic E-state index is 5.97. The zero-order valence-electron chi connectivity index (χ0n) is 17.4. The molecule has 0 bridgehead atoms. The second-order valence-corrected chi connectivity index (χ2v) is 11.2. The minimum Gasteiger partial charge on any atom is -0.374 e. The summed E-state index contributed by atoms with van der Waals surface area (Å²) in [6, 6.07) is 1.61. The van der Waals surface area contributed by atoms with Gasteiger partial charge in [0.25, 0.3) is 0 Å². The highest BCUT2D eigenvalue weighted by atomic mass is 28.4. The molecule has 0 spiro atoms. The zero-order chi connectivity index (χ0) is 19.2. The van der Waals surface area contributed by atoms with Crippen LogP contribution < -0.4 is 0 Å². The van der Waals surface area contributed by atoms with Gasteiger partial charge in [-0.1, -0.05) is 6.92 Å². The average molecular weight is 397 g/mol. The Hall–Kier alpha value is 0.194. The van der Waals surface area contributed by atoms with E-state index in [-0.39, 0.29) is 0 Å². The third-order valence-electron chi connectivity index (χ3n) is 3.73. The molecule has 8 heteroatoms. The molecule has 6 nitrogen and oxygen atoms in total. The van der Waals surface area contributed by atoms with Crippen LogP contribution in [0, 0.1) is 5.92 Å². The van der Waals surface area contributed by atoms with E-state index >= 15 is 0 Å². The van der Waals surface area contributed by atoms with Crippen LogP contribution in [0.2, 0.25) is 12.1 Å². The molecule has 0 aliphatic rings. The lowest BCUT2D eigenvalue weighted by atomic mass is 10.2. The Kier molecular flexibility index (Phi) is 14.4. The Morgan fingerprint density at radius 3 is 1.20 bits per heavy atom. The fourth-order valence-corrected chi connectivity index (χ4v) is 8.74. The highest BCUT2D eigenvalue weighted by molar-refractivity contribution is 6.61. The van der Waals surface area contributed by atoms with Crippen molar-refractivity contribution in [2.45, 2.75) is 67.0 Å². The number of hydrogen-bond acceptors (Lipinski definition) is 6. The fraction of sp³-hybridized carbons (Fsp3) is 1.00. The van der Waals surface area contributed by atoms with E-state index in [0.717, 1.165) is 18.5 Å². The SMILES string of the molecule is CCO[Si](CCC(C)C[Si](OCC)(OCC)OCC)(OCC)OCC. The Morgan fingerprint density at radius 2 is 0.880 bits per heavy atom. The van der Waals surface area contributed by atoms with Crippen molar-refractivity contribution in [2.24, 2.45) is 5.92 Å².